The molecule has 0 amide bonds. The Morgan fingerprint density at radius 3 is 2.53 bits per heavy atom. The van der Waals surface area contributed by atoms with Crippen LogP contribution in [0.1, 0.15) is 16.8 Å². The van der Waals surface area contributed by atoms with Crippen LogP contribution in [0.15, 0.2) is 24.3 Å². The number of carbonyl (C=O) groups excluding carboxylic acids is 1. The van der Waals surface area contributed by atoms with Crippen LogP contribution in [0.3, 0.4) is 0 Å². The van der Waals surface area contributed by atoms with Gasteiger partial charge in [-0.25, -0.2) is 0 Å². The molecule has 82 valence electrons. The molecule has 0 aliphatic carbocycles. The summed E-state index contributed by atoms with van der Waals surface area (Å²) in [6.45, 7) is 0. The van der Waals surface area contributed by atoms with E-state index in [9.17, 15) is 4.79 Å². The Bertz CT molecular complexity index is 324. The van der Waals surface area contributed by atoms with Crippen molar-refractivity contribution in [1.82, 2.24) is 0 Å². The second kappa shape index (κ2) is 6.13. The summed E-state index contributed by atoms with van der Waals surface area (Å²) in [5.74, 6) is 1.27. The molecule has 1 atom stereocenters. The van der Waals surface area contributed by atoms with Crippen LogP contribution in [0.4, 0.5) is 0 Å². The molecule has 0 aliphatic rings. The van der Waals surface area contributed by atoms with Crippen LogP contribution in [-0.4, -0.2) is 23.6 Å². The lowest BCUT2D eigenvalue weighted by atomic mass is 10.1. The van der Waals surface area contributed by atoms with Crippen molar-refractivity contribution in [2.24, 2.45) is 0 Å². The average Bonchev–Trinajstić information content (AvgIpc) is 2.28. The number of carbonyl (C=O) groups is 1. The minimum Gasteiger partial charge on any atom is -0.497 e. The van der Waals surface area contributed by atoms with Gasteiger partial charge >= 0.3 is 0 Å². The zero-order valence-electron chi connectivity index (χ0n) is 8.37. The van der Waals surface area contributed by atoms with Crippen molar-refractivity contribution in [3.8, 4) is 5.75 Å². The minimum absolute atomic E-state index is 0.0540. The van der Waals surface area contributed by atoms with E-state index in [0.717, 1.165) is 5.75 Å². The molecule has 1 aromatic rings. The summed E-state index contributed by atoms with van der Waals surface area (Å²) in [7, 11) is 1.59. The van der Waals surface area contributed by atoms with Crippen molar-refractivity contribution in [2.75, 3.05) is 13.0 Å². The zero-order chi connectivity index (χ0) is 11.3. The van der Waals surface area contributed by atoms with Gasteiger partial charge in [0.05, 0.1) is 11.9 Å². The summed E-state index contributed by atoms with van der Waals surface area (Å²) in [5.41, 5.74) is 0.669. The van der Waals surface area contributed by atoms with Gasteiger partial charge in [-0.15, -0.1) is 11.6 Å². The molecular formula is C11H12BrClO2. The van der Waals surface area contributed by atoms with Gasteiger partial charge in [-0.3, -0.25) is 4.79 Å². The van der Waals surface area contributed by atoms with Gasteiger partial charge in [0.2, 0.25) is 0 Å². The Kier molecular flexibility index (Phi) is 5.12. The fraction of sp³-hybridized carbons (Fsp3) is 0.364. The highest BCUT2D eigenvalue weighted by Gasteiger charge is 2.15. The van der Waals surface area contributed by atoms with Crippen LogP contribution >= 0.6 is 27.5 Å². The molecule has 0 spiro atoms. The van der Waals surface area contributed by atoms with Crippen molar-refractivity contribution in [3.63, 3.8) is 0 Å². The topological polar surface area (TPSA) is 26.3 Å². The molecule has 0 N–H and O–H groups in total. The Labute approximate surface area is 103 Å². The molecule has 1 aromatic carbocycles. The molecule has 0 aliphatic heterocycles. The molecule has 2 nitrogen and oxygen atoms in total. The van der Waals surface area contributed by atoms with Gasteiger partial charge in [-0.05, 0) is 30.7 Å². The van der Waals surface area contributed by atoms with Crippen LogP contribution in [0.2, 0.25) is 0 Å². The smallest absolute Gasteiger partial charge is 0.176 e. The Morgan fingerprint density at radius 1 is 1.47 bits per heavy atom. The lowest BCUT2D eigenvalue weighted by Crippen LogP contribution is -2.14. The molecule has 0 saturated heterocycles. The molecule has 0 heterocycles. The number of hydrogen-bond donors (Lipinski definition) is 0. The fourth-order valence-corrected chi connectivity index (χ4v) is 2.14. The molecule has 15 heavy (non-hydrogen) atoms. The monoisotopic (exact) mass is 290 g/mol. The number of ether oxygens (including phenoxy) is 1. The Morgan fingerprint density at radius 2 is 2.07 bits per heavy atom. The number of halogens is 2. The van der Waals surface area contributed by atoms with Gasteiger partial charge in [0.1, 0.15) is 5.75 Å². The Balaban J connectivity index is 2.73. The van der Waals surface area contributed by atoms with Crippen molar-refractivity contribution >= 4 is 33.3 Å². The first-order valence-corrected chi connectivity index (χ1v) is 6.02. The van der Waals surface area contributed by atoms with E-state index in [1.54, 1.807) is 31.4 Å². The number of hydrogen-bond acceptors (Lipinski definition) is 2. The number of ketones is 1. The van der Waals surface area contributed by atoms with Crippen molar-refractivity contribution in [3.05, 3.63) is 29.8 Å². The van der Waals surface area contributed by atoms with Gasteiger partial charge < -0.3 is 4.74 Å². The second-order valence-corrected chi connectivity index (χ2v) is 4.52. The number of benzene rings is 1. The van der Waals surface area contributed by atoms with Gasteiger partial charge in [0, 0.05) is 11.4 Å². The largest absolute Gasteiger partial charge is 0.497 e. The maximum atomic E-state index is 11.8. The number of alkyl halides is 2. The van der Waals surface area contributed by atoms with Crippen molar-refractivity contribution in [1.29, 1.82) is 0 Å². The zero-order valence-corrected chi connectivity index (χ0v) is 10.7. The lowest BCUT2D eigenvalue weighted by Gasteiger charge is -2.07. The summed E-state index contributed by atoms with van der Waals surface area (Å²) in [4.78, 5) is 11.6. The maximum Gasteiger partial charge on any atom is 0.176 e. The van der Waals surface area contributed by atoms with Gasteiger partial charge in [0.25, 0.3) is 0 Å². The highest BCUT2D eigenvalue weighted by molar-refractivity contribution is 9.10. The standard InChI is InChI=1S/C11H12BrClO2/c1-15-9-4-2-8(3-5-9)11(14)10(12)6-7-13/h2-5,10H,6-7H2,1H3. The fourth-order valence-electron chi connectivity index (χ4n) is 1.16. The average molecular weight is 292 g/mol. The van der Waals surface area contributed by atoms with Crippen LogP contribution in [0.5, 0.6) is 5.75 Å². The van der Waals surface area contributed by atoms with Gasteiger partial charge in [-0.1, -0.05) is 15.9 Å². The number of methoxy groups -OCH3 is 1. The lowest BCUT2D eigenvalue weighted by molar-refractivity contribution is 0.0990. The van der Waals surface area contributed by atoms with E-state index in [-0.39, 0.29) is 10.6 Å². The van der Waals surface area contributed by atoms with E-state index < -0.39 is 0 Å². The number of rotatable bonds is 5. The quantitative estimate of drug-likeness (QED) is 0.615. The molecule has 1 unspecified atom stereocenters. The van der Waals surface area contributed by atoms with E-state index in [2.05, 4.69) is 15.9 Å². The molecular weight excluding hydrogens is 279 g/mol. The highest BCUT2D eigenvalue weighted by Crippen LogP contribution is 2.17. The van der Waals surface area contributed by atoms with Crippen LogP contribution in [0.25, 0.3) is 0 Å². The van der Waals surface area contributed by atoms with E-state index in [0.29, 0.717) is 17.9 Å². The third-order valence-electron chi connectivity index (χ3n) is 2.02. The Hall–Kier alpha value is -0.540. The molecule has 0 saturated carbocycles. The molecule has 0 aromatic heterocycles. The molecule has 0 bridgehead atoms. The molecule has 4 heteroatoms. The summed E-state index contributed by atoms with van der Waals surface area (Å²) >= 11 is 8.88. The maximum absolute atomic E-state index is 11.8. The summed E-state index contributed by atoms with van der Waals surface area (Å²) in [5, 5.41) is 0. The van der Waals surface area contributed by atoms with E-state index >= 15 is 0 Å². The van der Waals surface area contributed by atoms with Crippen molar-refractivity contribution < 1.29 is 9.53 Å². The van der Waals surface area contributed by atoms with E-state index in [1.165, 1.54) is 0 Å². The SMILES string of the molecule is COc1ccc(C(=O)C(Br)CCCl)cc1. The third kappa shape index (κ3) is 3.50. The summed E-state index contributed by atoms with van der Waals surface area (Å²) in [6.07, 6.45) is 0.631. The molecule has 0 radical (unpaired) electrons. The normalized spacial score (nSPS) is 12.2. The van der Waals surface area contributed by atoms with Crippen LogP contribution < -0.4 is 4.74 Å². The van der Waals surface area contributed by atoms with Gasteiger partial charge in [-0.2, -0.15) is 0 Å². The first kappa shape index (κ1) is 12.5. The third-order valence-corrected chi connectivity index (χ3v) is 3.11. The highest BCUT2D eigenvalue weighted by atomic mass is 79.9. The summed E-state index contributed by atoms with van der Waals surface area (Å²) < 4.78 is 5.01. The predicted molar refractivity (Wildman–Crippen MR) is 65.4 cm³/mol. The van der Waals surface area contributed by atoms with Crippen LogP contribution in [-0.2, 0) is 0 Å². The summed E-state index contributed by atoms with van der Waals surface area (Å²) in [6, 6.07) is 7.05. The predicted octanol–water partition coefficient (Wildman–Crippen LogP) is 3.27. The first-order valence-electron chi connectivity index (χ1n) is 4.57. The number of Topliss-reactive ketones (excluding diaryl/α,β-unsaturated/α-hetero) is 1. The minimum atomic E-state index is -0.205. The first-order chi connectivity index (χ1) is 7.19. The second-order valence-electron chi connectivity index (χ2n) is 3.04. The van der Waals surface area contributed by atoms with Crippen molar-refractivity contribution in [2.45, 2.75) is 11.2 Å². The van der Waals surface area contributed by atoms with Gasteiger partial charge in [0.15, 0.2) is 5.78 Å². The van der Waals surface area contributed by atoms with Crippen LogP contribution in [0, 0.1) is 0 Å². The van der Waals surface area contributed by atoms with E-state index in [1.807, 2.05) is 0 Å². The molecule has 0 fully saturated rings. The van der Waals surface area contributed by atoms with E-state index in [4.69, 9.17) is 16.3 Å². The molecule has 1 rings (SSSR count).